The third-order valence-corrected chi connectivity index (χ3v) is 7.88. The van der Waals surface area contributed by atoms with Gasteiger partial charge in [0.15, 0.2) is 5.84 Å². The molecule has 3 saturated heterocycles. The van der Waals surface area contributed by atoms with E-state index in [1.165, 1.54) is 0 Å². The second-order valence-electron chi connectivity index (χ2n) is 8.70. The summed E-state index contributed by atoms with van der Waals surface area (Å²) in [6.07, 6.45) is 2.26. The number of ether oxygens (including phenoxy) is 2. The Morgan fingerprint density at radius 3 is 2.75 bits per heavy atom. The van der Waals surface area contributed by atoms with Gasteiger partial charge in [0.25, 0.3) is 0 Å². The summed E-state index contributed by atoms with van der Waals surface area (Å²) in [4.78, 5) is 15.7. The topological polar surface area (TPSA) is 59.4 Å². The molecule has 1 aromatic heterocycles. The number of fused-ring (bicyclic) bond motifs is 3. The van der Waals surface area contributed by atoms with Crippen LogP contribution in [0.4, 0.5) is 0 Å². The van der Waals surface area contributed by atoms with Crippen LogP contribution in [-0.2, 0) is 11.4 Å². The number of rotatable bonds is 5. The first-order valence-corrected chi connectivity index (χ1v) is 11.9. The Balaban J connectivity index is 1.42. The smallest absolute Gasteiger partial charge is 0.227 e. The predicted molar refractivity (Wildman–Crippen MR) is 124 cm³/mol. The summed E-state index contributed by atoms with van der Waals surface area (Å²) in [6, 6.07) is 12.3. The number of hydrogen-bond donors (Lipinski definition) is 0. The second kappa shape index (κ2) is 7.64. The summed E-state index contributed by atoms with van der Waals surface area (Å²) in [5, 5.41) is 4.69. The Bertz CT molecular complexity index is 1190. The van der Waals surface area contributed by atoms with Gasteiger partial charge in [-0.15, -0.1) is 11.3 Å². The van der Waals surface area contributed by atoms with Crippen molar-refractivity contribution in [1.29, 1.82) is 0 Å². The van der Waals surface area contributed by atoms with Gasteiger partial charge < -0.3 is 19.2 Å². The molecule has 4 aliphatic rings. The van der Waals surface area contributed by atoms with Crippen LogP contribution in [0, 0.1) is 5.92 Å². The maximum atomic E-state index is 6.37. The minimum Gasteiger partial charge on any atom is -0.497 e. The molecule has 1 atom stereocenters. The Kier molecular flexibility index (Phi) is 4.73. The van der Waals surface area contributed by atoms with E-state index in [4.69, 9.17) is 19.5 Å². The van der Waals surface area contributed by atoms with Crippen molar-refractivity contribution in [1.82, 2.24) is 14.8 Å². The fraction of sp³-hybridized carbons (Fsp3) is 0.417. The normalized spacial score (nSPS) is 26.4. The van der Waals surface area contributed by atoms with E-state index in [9.17, 15) is 0 Å². The molecular formula is C24H26N4O3S. The summed E-state index contributed by atoms with van der Waals surface area (Å²) in [5.74, 6) is 2.92. The van der Waals surface area contributed by atoms with Crippen LogP contribution in [0.15, 0.2) is 47.1 Å². The van der Waals surface area contributed by atoms with Crippen LogP contribution in [0.5, 0.6) is 11.5 Å². The number of benzene rings is 2. The predicted octanol–water partition coefficient (Wildman–Crippen LogP) is 3.93. The van der Waals surface area contributed by atoms with Gasteiger partial charge in [-0.1, -0.05) is 5.16 Å². The van der Waals surface area contributed by atoms with Gasteiger partial charge in [-0.05, 0) is 56.3 Å². The zero-order chi connectivity index (χ0) is 21.7. The third-order valence-electron chi connectivity index (χ3n) is 7.09. The molecule has 0 radical (unpaired) electrons. The minimum atomic E-state index is -0.445. The van der Waals surface area contributed by atoms with Crippen LogP contribution >= 0.6 is 11.3 Å². The van der Waals surface area contributed by atoms with Gasteiger partial charge in [0.05, 0.1) is 43.0 Å². The van der Waals surface area contributed by atoms with Gasteiger partial charge in [-0.2, -0.15) is 0 Å². The summed E-state index contributed by atoms with van der Waals surface area (Å²) in [6.45, 7) is 3.79. The molecule has 166 valence electrons. The molecule has 8 heteroatoms. The lowest BCUT2D eigenvalue weighted by molar-refractivity contribution is -0.198. The van der Waals surface area contributed by atoms with Crippen LogP contribution in [0.3, 0.4) is 0 Å². The molecule has 3 aromatic rings. The molecule has 0 saturated carbocycles. The molecule has 0 amide bonds. The van der Waals surface area contributed by atoms with Crippen molar-refractivity contribution < 1.29 is 14.3 Å². The van der Waals surface area contributed by atoms with Crippen LogP contribution in [0.25, 0.3) is 10.2 Å². The number of thiazole rings is 1. The van der Waals surface area contributed by atoms with Crippen LogP contribution in [-0.4, -0.2) is 60.2 Å². The Hall–Kier alpha value is -2.84. The lowest BCUT2D eigenvalue weighted by Gasteiger charge is -2.53. The molecule has 32 heavy (non-hydrogen) atoms. The van der Waals surface area contributed by atoms with Crippen LogP contribution < -0.4 is 9.47 Å². The summed E-state index contributed by atoms with van der Waals surface area (Å²) in [7, 11) is 3.38. The lowest BCUT2D eigenvalue weighted by Crippen LogP contribution is -2.66. The van der Waals surface area contributed by atoms with Gasteiger partial charge in [-0.3, -0.25) is 4.90 Å². The number of aromatic nitrogens is 1. The van der Waals surface area contributed by atoms with Crippen molar-refractivity contribution in [2.45, 2.75) is 25.1 Å². The number of amidine groups is 1. The fourth-order valence-corrected chi connectivity index (χ4v) is 6.08. The highest BCUT2D eigenvalue weighted by molar-refractivity contribution is 7.16. The van der Waals surface area contributed by atoms with Crippen molar-refractivity contribution in [2.24, 2.45) is 11.1 Å². The van der Waals surface area contributed by atoms with Crippen molar-refractivity contribution in [3.63, 3.8) is 0 Å². The van der Waals surface area contributed by atoms with E-state index in [0.29, 0.717) is 12.5 Å². The highest BCUT2D eigenvalue weighted by Crippen LogP contribution is 2.45. The van der Waals surface area contributed by atoms with Crippen LogP contribution in [0.2, 0.25) is 0 Å². The van der Waals surface area contributed by atoms with E-state index in [1.807, 2.05) is 17.6 Å². The second-order valence-corrected chi connectivity index (χ2v) is 9.59. The maximum Gasteiger partial charge on any atom is 0.227 e. The molecular weight excluding hydrogens is 424 g/mol. The van der Waals surface area contributed by atoms with Crippen molar-refractivity contribution in [3.05, 3.63) is 53.0 Å². The highest BCUT2D eigenvalue weighted by Gasteiger charge is 2.57. The van der Waals surface area contributed by atoms with E-state index in [1.54, 1.807) is 25.6 Å². The Labute approximate surface area is 191 Å². The summed E-state index contributed by atoms with van der Waals surface area (Å²) >= 11 is 1.65. The molecule has 1 spiro atoms. The third kappa shape index (κ3) is 3.04. The molecule has 5 heterocycles. The molecule has 7 rings (SSSR count). The van der Waals surface area contributed by atoms with Gasteiger partial charge in [-0.25, -0.2) is 4.98 Å². The van der Waals surface area contributed by atoms with E-state index < -0.39 is 5.72 Å². The SMILES string of the molecule is COc1ccc(CN2C(c3ccc4ncsc4c3)=NOC23CN2CCC3CC2)c(OC)c1. The highest BCUT2D eigenvalue weighted by atomic mass is 32.1. The minimum absolute atomic E-state index is 0.445. The summed E-state index contributed by atoms with van der Waals surface area (Å²) < 4.78 is 12.3. The molecule has 1 unspecified atom stereocenters. The number of hydrogen-bond acceptors (Lipinski definition) is 8. The average molecular weight is 451 g/mol. The lowest BCUT2D eigenvalue weighted by atomic mass is 9.79. The first-order chi connectivity index (χ1) is 15.7. The van der Waals surface area contributed by atoms with E-state index in [0.717, 1.165) is 71.2 Å². The fourth-order valence-electron chi connectivity index (χ4n) is 5.37. The standard InChI is InChI=1S/C24H26N4O3S/c1-29-19-5-3-17(21(12-19)30-2)13-28-23(16-4-6-20-22(11-16)32-15-25-20)26-31-24(28)14-27-9-7-18(24)8-10-27/h3-6,11-12,15,18H,7-10,13-14H2,1-2H3. The number of oxime groups is 1. The van der Waals surface area contributed by atoms with Gasteiger partial charge in [0.1, 0.15) is 11.5 Å². The molecule has 3 fully saturated rings. The van der Waals surface area contributed by atoms with E-state index in [2.05, 4.69) is 39.0 Å². The molecule has 2 aromatic carbocycles. The summed E-state index contributed by atoms with van der Waals surface area (Å²) in [5.41, 5.74) is 4.60. The number of nitrogens with zero attached hydrogens (tertiary/aromatic N) is 4. The van der Waals surface area contributed by atoms with Gasteiger partial charge in [0.2, 0.25) is 5.72 Å². The Morgan fingerprint density at radius 1 is 1.12 bits per heavy atom. The Morgan fingerprint density at radius 2 is 2.00 bits per heavy atom. The quantitative estimate of drug-likeness (QED) is 0.587. The largest absolute Gasteiger partial charge is 0.497 e. The van der Waals surface area contributed by atoms with Crippen molar-refractivity contribution in [2.75, 3.05) is 33.9 Å². The van der Waals surface area contributed by atoms with Gasteiger partial charge in [0, 0.05) is 23.1 Å². The molecule has 7 nitrogen and oxygen atoms in total. The molecule has 0 aliphatic carbocycles. The van der Waals surface area contributed by atoms with E-state index >= 15 is 0 Å². The molecule has 2 bridgehead atoms. The zero-order valence-corrected chi connectivity index (χ0v) is 19.1. The average Bonchev–Trinajstić information content (AvgIpc) is 3.45. The van der Waals surface area contributed by atoms with E-state index in [-0.39, 0.29) is 0 Å². The number of piperidine rings is 3. The first-order valence-electron chi connectivity index (χ1n) is 11.0. The maximum absolute atomic E-state index is 6.37. The zero-order valence-electron chi connectivity index (χ0n) is 18.3. The number of methoxy groups -OCH3 is 2. The molecule has 4 aliphatic heterocycles. The van der Waals surface area contributed by atoms with Crippen molar-refractivity contribution >= 4 is 27.4 Å². The molecule has 0 N–H and O–H groups in total. The first kappa shape index (κ1) is 19.8. The van der Waals surface area contributed by atoms with Gasteiger partial charge >= 0.3 is 0 Å². The van der Waals surface area contributed by atoms with Crippen molar-refractivity contribution in [3.8, 4) is 11.5 Å². The monoisotopic (exact) mass is 450 g/mol. The van der Waals surface area contributed by atoms with Crippen LogP contribution in [0.1, 0.15) is 24.0 Å².